The molecule has 2 nitrogen and oxygen atoms in total. The van der Waals surface area contributed by atoms with Gasteiger partial charge in [-0.1, -0.05) is 51.1 Å². The summed E-state index contributed by atoms with van der Waals surface area (Å²) in [7, 11) is 0. The number of ketones is 1. The Morgan fingerprint density at radius 2 is 1.71 bits per heavy atom. The van der Waals surface area contributed by atoms with Crippen molar-refractivity contribution in [2.75, 3.05) is 0 Å². The van der Waals surface area contributed by atoms with Crippen molar-refractivity contribution in [2.45, 2.75) is 40.0 Å². The van der Waals surface area contributed by atoms with Crippen LogP contribution in [0, 0.1) is 6.92 Å². The highest BCUT2D eigenvalue weighted by molar-refractivity contribution is 5.98. The minimum atomic E-state index is 0.0597. The Morgan fingerprint density at radius 1 is 1.10 bits per heavy atom. The SMILES string of the molecule is CCC(=O)c1ccc(-c2ccc(C(C)C)cc2)c(O)c1C. The lowest BCUT2D eigenvalue weighted by atomic mass is 9.94. The summed E-state index contributed by atoms with van der Waals surface area (Å²) in [4.78, 5) is 11.8. The molecule has 0 aliphatic heterocycles. The fourth-order valence-corrected chi connectivity index (χ4v) is 2.47. The summed E-state index contributed by atoms with van der Waals surface area (Å²) < 4.78 is 0. The Bertz CT molecular complexity index is 652. The van der Waals surface area contributed by atoms with Crippen LogP contribution in [0.25, 0.3) is 11.1 Å². The lowest BCUT2D eigenvalue weighted by Crippen LogP contribution is -2.00. The fraction of sp³-hybridized carbons (Fsp3) is 0.316. The summed E-state index contributed by atoms with van der Waals surface area (Å²) in [6, 6.07) is 11.8. The van der Waals surface area contributed by atoms with E-state index < -0.39 is 0 Å². The average molecular weight is 282 g/mol. The maximum Gasteiger partial charge on any atom is 0.163 e. The predicted molar refractivity (Wildman–Crippen MR) is 87.0 cm³/mol. The lowest BCUT2D eigenvalue weighted by Gasteiger charge is -2.12. The highest BCUT2D eigenvalue weighted by Crippen LogP contribution is 2.34. The second-order valence-electron chi connectivity index (χ2n) is 5.69. The molecule has 0 aromatic heterocycles. The molecule has 0 atom stereocenters. The van der Waals surface area contributed by atoms with Gasteiger partial charge in [-0.2, -0.15) is 0 Å². The molecule has 0 unspecified atom stereocenters. The number of benzene rings is 2. The zero-order valence-corrected chi connectivity index (χ0v) is 13.1. The van der Waals surface area contributed by atoms with Crippen LogP contribution in [0.15, 0.2) is 36.4 Å². The molecule has 0 spiro atoms. The first-order valence-corrected chi connectivity index (χ1v) is 7.41. The van der Waals surface area contributed by atoms with Crippen LogP contribution in [-0.4, -0.2) is 10.9 Å². The molecule has 2 heteroatoms. The van der Waals surface area contributed by atoms with Gasteiger partial charge < -0.3 is 5.11 Å². The highest BCUT2D eigenvalue weighted by atomic mass is 16.3. The molecule has 0 bridgehead atoms. The summed E-state index contributed by atoms with van der Waals surface area (Å²) in [5.74, 6) is 0.745. The third-order valence-electron chi connectivity index (χ3n) is 3.94. The zero-order chi connectivity index (χ0) is 15.6. The maximum atomic E-state index is 11.8. The number of phenols is 1. The number of hydrogen-bond donors (Lipinski definition) is 1. The number of phenolic OH excluding ortho intramolecular Hbond substituents is 1. The number of carbonyl (C=O) groups excluding carboxylic acids is 1. The van der Waals surface area contributed by atoms with Crippen molar-refractivity contribution < 1.29 is 9.90 Å². The zero-order valence-electron chi connectivity index (χ0n) is 13.1. The number of carbonyl (C=O) groups is 1. The van der Waals surface area contributed by atoms with E-state index in [-0.39, 0.29) is 11.5 Å². The van der Waals surface area contributed by atoms with Crippen LogP contribution in [0.2, 0.25) is 0 Å². The predicted octanol–water partition coefficient (Wildman–Crippen LogP) is 5.08. The van der Waals surface area contributed by atoms with Crippen LogP contribution in [0.3, 0.4) is 0 Å². The van der Waals surface area contributed by atoms with Crippen molar-refractivity contribution in [1.29, 1.82) is 0 Å². The van der Waals surface area contributed by atoms with E-state index in [9.17, 15) is 9.90 Å². The summed E-state index contributed by atoms with van der Waals surface area (Å²) in [5, 5.41) is 10.4. The molecule has 2 aromatic carbocycles. The number of aromatic hydroxyl groups is 1. The first-order chi connectivity index (χ1) is 9.95. The molecule has 2 rings (SSSR count). The van der Waals surface area contributed by atoms with Crippen molar-refractivity contribution in [1.82, 2.24) is 0 Å². The van der Waals surface area contributed by atoms with Gasteiger partial charge in [0.2, 0.25) is 0 Å². The minimum Gasteiger partial charge on any atom is -0.507 e. The van der Waals surface area contributed by atoms with E-state index >= 15 is 0 Å². The van der Waals surface area contributed by atoms with Crippen LogP contribution in [0.5, 0.6) is 5.75 Å². The molecule has 0 fully saturated rings. The van der Waals surface area contributed by atoms with E-state index in [0.29, 0.717) is 23.5 Å². The van der Waals surface area contributed by atoms with Crippen molar-refractivity contribution >= 4 is 5.78 Å². The number of hydrogen-bond acceptors (Lipinski definition) is 2. The van der Waals surface area contributed by atoms with Gasteiger partial charge in [-0.3, -0.25) is 4.79 Å². The maximum absolute atomic E-state index is 11.8. The molecule has 0 saturated heterocycles. The van der Waals surface area contributed by atoms with Crippen LogP contribution >= 0.6 is 0 Å². The second-order valence-corrected chi connectivity index (χ2v) is 5.69. The van der Waals surface area contributed by atoms with E-state index in [4.69, 9.17) is 0 Å². The van der Waals surface area contributed by atoms with Crippen LogP contribution in [0.1, 0.15) is 54.6 Å². The van der Waals surface area contributed by atoms with Crippen molar-refractivity contribution in [3.8, 4) is 16.9 Å². The Balaban J connectivity index is 2.45. The Hall–Kier alpha value is -2.09. The molecule has 1 N–H and O–H groups in total. The molecule has 110 valence electrons. The minimum absolute atomic E-state index is 0.0597. The van der Waals surface area contributed by atoms with Crippen LogP contribution in [-0.2, 0) is 0 Å². The van der Waals surface area contributed by atoms with Crippen molar-refractivity contribution in [2.24, 2.45) is 0 Å². The summed E-state index contributed by atoms with van der Waals surface area (Å²) in [6.45, 7) is 7.94. The molecular formula is C19H22O2. The van der Waals surface area contributed by atoms with E-state index in [1.165, 1.54) is 5.56 Å². The molecule has 2 aromatic rings. The Morgan fingerprint density at radius 3 is 2.24 bits per heavy atom. The third-order valence-corrected chi connectivity index (χ3v) is 3.94. The van der Waals surface area contributed by atoms with Gasteiger partial charge in [0.1, 0.15) is 5.75 Å². The largest absolute Gasteiger partial charge is 0.507 e. The molecule has 0 amide bonds. The number of rotatable bonds is 4. The molecule has 0 aliphatic carbocycles. The third kappa shape index (κ3) is 2.99. The summed E-state index contributed by atoms with van der Waals surface area (Å²) in [6.07, 6.45) is 0.447. The summed E-state index contributed by atoms with van der Waals surface area (Å²) >= 11 is 0. The molecule has 0 saturated carbocycles. The first kappa shape index (κ1) is 15.3. The first-order valence-electron chi connectivity index (χ1n) is 7.41. The molecular weight excluding hydrogens is 260 g/mol. The monoisotopic (exact) mass is 282 g/mol. The van der Waals surface area contributed by atoms with Gasteiger partial charge in [-0.15, -0.1) is 0 Å². The van der Waals surface area contributed by atoms with E-state index in [1.54, 1.807) is 6.92 Å². The van der Waals surface area contributed by atoms with Gasteiger partial charge in [-0.25, -0.2) is 0 Å². The standard InChI is InChI=1S/C19H22O2/c1-5-18(20)16-10-11-17(19(21)13(16)4)15-8-6-14(7-9-15)12(2)3/h6-12,21H,5H2,1-4H3. The van der Waals surface area contributed by atoms with E-state index in [0.717, 1.165) is 11.1 Å². The molecule has 21 heavy (non-hydrogen) atoms. The Labute approximate surface area is 126 Å². The molecule has 0 aliphatic rings. The topological polar surface area (TPSA) is 37.3 Å². The van der Waals surface area contributed by atoms with E-state index in [2.05, 4.69) is 26.0 Å². The van der Waals surface area contributed by atoms with Crippen molar-refractivity contribution in [3.63, 3.8) is 0 Å². The Kier molecular flexibility index (Phi) is 4.46. The van der Waals surface area contributed by atoms with E-state index in [1.807, 2.05) is 31.2 Å². The van der Waals surface area contributed by atoms with Gasteiger partial charge >= 0.3 is 0 Å². The molecule has 0 radical (unpaired) electrons. The lowest BCUT2D eigenvalue weighted by molar-refractivity contribution is 0.0987. The van der Waals surface area contributed by atoms with Gasteiger partial charge in [0, 0.05) is 23.1 Å². The quantitative estimate of drug-likeness (QED) is 0.794. The van der Waals surface area contributed by atoms with Crippen molar-refractivity contribution in [3.05, 3.63) is 53.1 Å². The average Bonchev–Trinajstić information content (AvgIpc) is 2.49. The normalized spacial score (nSPS) is 10.9. The molecule has 0 heterocycles. The van der Waals surface area contributed by atoms with Gasteiger partial charge in [-0.05, 0) is 30.0 Å². The second kappa shape index (κ2) is 6.13. The number of Topliss-reactive ketones (excluding diaryl/α,β-unsaturated/α-hetero) is 1. The highest BCUT2D eigenvalue weighted by Gasteiger charge is 2.14. The van der Waals surface area contributed by atoms with Crippen LogP contribution in [0.4, 0.5) is 0 Å². The van der Waals surface area contributed by atoms with Crippen LogP contribution < -0.4 is 0 Å². The van der Waals surface area contributed by atoms with Gasteiger partial charge in [0.25, 0.3) is 0 Å². The smallest absolute Gasteiger partial charge is 0.163 e. The fourth-order valence-electron chi connectivity index (χ4n) is 2.47. The van der Waals surface area contributed by atoms with Gasteiger partial charge in [0.15, 0.2) is 5.78 Å². The van der Waals surface area contributed by atoms with Gasteiger partial charge in [0.05, 0.1) is 0 Å². The summed E-state index contributed by atoms with van der Waals surface area (Å²) in [5.41, 5.74) is 4.28.